The van der Waals surface area contributed by atoms with Gasteiger partial charge in [-0.05, 0) is 61.0 Å². The van der Waals surface area contributed by atoms with Crippen LogP contribution in [-0.2, 0) is 11.4 Å². The summed E-state index contributed by atoms with van der Waals surface area (Å²) < 4.78 is 43.9. The van der Waals surface area contributed by atoms with Crippen LogP contribution in [0.3, 0.4) is 0 Å². The van der Waals surface area contributed by atoms with E-state index in [9.17, 15) is 18.6 Å². The molecule has 0 aromatic heterocycles. The first kappa shape index (κ1) is 19.6. The fourth-order valence-corrected chi connectivity index (χ4v) is 2.98. The molecule has 25 heavy (non-hydrogen) atoms. The van der Waals surface area contributed by atoms with Gasteiger partial charge in [0.1, 0.15) is 39.5 Å². The van der Waals surface area contributed by atoms with Crippen molar-refractivity contribution in [3.63, 3.8) is 0 Å². The van der Waals surface area contributed by atoms with E-state index in [2.05, 4.69) is 20.3 Å². The van der Waals surface area contributed by atoms with E-state index in [0.29, 0.717) is 5.56 Å². The van der Waals surface area contributed by atoms with Gasteiger partial charge in [0, 0.05) is 11.1 Å². The molecule has 0 saturated carbocycles. The highest BCUT2D eigenvalue weighted by Gasteiger charge is 2.29. The molecule has 0 fully saturated rings. The number of nitrogens with zero attached hydrogens (tertiary/aromatic N) is 2. The minimum absolute atomic E-state index is 0.171. The van der Waals surface area contributed by atoms with Crippen molar-refractivity contribution < 1.29 is 13.3 Å². The maximum atomic E-state index is 14.0. The largest absolute Gasteiger partial charge is 0.591 e. The fraction of sp³-hybridized carbons (Fsp3) is 0.222. The quantitative estimate of drug-likeness (QED) is 0.519. The lowest BCUT2D eigenvalue weighted by atomic mass is 9.98. The van der Waals surface area contributed by atoms with Gasteiger partial charge in [0.25, 0.3) is 0 Å². The number of halogens is 3. The van der Waals surface area contributed by atoms with Crippen LogP contribution in [0.2, 0.25) is 0 Å². The average molecular weight is 425 g/mol. The van der Waals surface area contributed by atoms with Gasteiger partial charge in [-0.1, -0.05) is 16.5 Å². The Hall–Kier alpha value is -1.75. The summed E-state index contributed by atoms with van der Waals surface area (Å²) in [5.74, 6) is -1.17. The lowest BCUT2D eigenvalue weighted by molar-refractivity contribution is 0.561. The minimum atomic E-state index is -1.65. The van der Waals surface area contributed by atoms with Crippen molar-refractivity contribution in [3.8, 4) is 6.07 Å². The van der Waals surface area contributed by atoms with Gasteiger partial charge in [0.05, 0.1) is 10.0 Å². The predicted molar refractivity (Wildman–Crippen MR) is 98.7 cm³/mol. The molecule has 0 saturated heterocycles. The second kappa shape index (κ2) is 7.65. The van der Waals surface area contributed by atoms with Crippen LogP contribution in [0.15, 0.2) is 45.3 Å². The normalized spacial score (nSPS) is 13.4. The fourth-order valence-electron chi connectivity index (χ4n) is 1.96. The second-order valence-corrected chi connectivity index (χ2v) is 8.96. The van der Waals surface area contributed by atoms with Gasteiger partial charge in [-0.3, -0.25) is 0 Å². The molecule has 0 aliphatic heterocycles. The van der Waals surface area contributed by atoms with Gasteiger partial charge >= 0.3 is 0 Å². The van der Waals surface area contributed by atoms with E-state index in [1.807, 2.05) is 6.07 Å². The molecule has 7 heteroatoms. The van der Waals surface area contributed by atoms with Crippen molar-refractivity contribution in [2.24, 2.45) is 4.40 Å². The highest BCUT2D eigenvalue weighted by molar-refractivity contribution is 9.10. The molecule has 0 N–H and O–H groups in total. The van der Waals surface area contributed by atoms with Crippen LogP contribution in [0.25, 0.3) is 0 Å². The molecule has 0 heterocycles. The van der Waals surface area contributed by atoms with E-state index in [1.54, 1.807) is 20.8 Å². The third kappa shape index (κ3) is 4.46. The van der Waals surface area contributed by atoms with Crippen LogP contribution in [-0.4, -0.2) is 15.0 Å². The standard InChI is InChI=1S/C18H15BrF2N2OS/c1-18(2,3)25(24)23-17(11-7-8-16(21)14(19)9-11)12-5-4-6-15(20)13(12)10-22/h4-9H,1-3H3/b23-17+. The Morgan fingerprint density at radius 2 is 1.88 bits per heavy atom. The molecular weight excluding hydrogens is 410 g/mol. The molecule has 0 aliphatic rings. The van der Waals surface area contributed by atoms with Crippen molar-refractivity contribution in [1.29, 1.82) is 5.26 Å². The van der Waals surface area contributed by atoms with E-state index in [0.717, 1.165) is 0 Å². The summed E-state index contributed by atoms with van der Waals surface area (Å²) in [4.78, 5) is 0. The molecule has 0 aliphatic carbocycles. The molecule has 2 aromatic carbocycles. The van der Waals surface area contributed by atoms with Crippen molar-refractivity contribution >= 4 is 33.0 Å². The van der Waals surface area contributed by atoms with E-state index >= 15 is 0 Å². The molecule has 130 valence electrons. The van der Waals surface area contributed by atoms with Gasteiger partial charge < -0.3 is 4.55 Å². The summed E-state index contributed by atoms with van der Waals surface area (Å²) in [5.41, 5.74) is 0.601. The molecule has 1 atom stereocenters. The van der Waals surface area contributed by atoms with Crippen LogP contribution in [0.1, 0.15) is 37.5 Å². The molecule has 0 amide bonds. The average Bonchev–Trinajstić information content (AvgIpc) is 2.54. The monoisotopic (exact) mass is 424 g/mol. The lowest BCUT2D eigenvalue weighted by Gasteiger charge is -2.20. The molecule has 1 unspecified atom stereocenters. The SMILES string of the molecule is CC(C)(C)[S+]([O-])/N=C(\c1ccc(F)c(Br)c1)c1cccc(F)c1C#N. The zero-order valence-corrected chi connectivity index (χ0v) is 16.2. The molecule has 0 bridgehead atoms. The smallest absolute Gasteiger partial charge is 0.144 e. The summed E-state index contributed by atoms with van der Waals surface area (Å²) in [6.45, 7) is 5.25. The first-order chi connectivity index (χ1) is 11.6. The zero-order chi connectivity index (χ0) is 18.8. The highest BCUT2D eigenvalue weighted by atomic mass is 79.9. The number of hydrogen-bond donors (Lipinski definition) is 0. The Kier molecular flexibility index (Phi) is 5.99. The third-order valence-electron chi connectivity index (χ3n) is 3.27. The van der Waals surface area contributed by atoms with Gasteiger partial charge in [0.2, 0.25) is 0 Å². The summed E-state index contributed by atoms with van der Waals surface area (Å²) in [6.07, 6.45) is 0. The van der Waals surface area contributed by atoms with E-state index in [1.165, 1.54) is 36.4 Å². The predicted octanol–water partition coefficient (Wildman–Crippen LogP) is 4.90. The van der Waals surface area contributed by atoms with Crippen molar-refractivity contribution in [1.82, 2.24) is 0 Å². The molecule has 0 radical (unpaired) electrons. The van der Waals surface area contributed by atoms with Crippen LogP contribution in [0.4, 0.5) is 8.78 Å². The first-order valence-electron chi connectivity index (χ1n) is 7.30. The van der Waals surface area contributed by atoms with Crippen molar-refractivity contribution in [2.45, 2.75) is 25.5 Å². The van der Waals surface area contributed by atoms with Gasteiger partial charge in [-0.2, -0.15) is 5.26 Å². The maximum Gasteiger partial charge on any atom is 0.144 e. The van der Waals surface area contributed by atoms with Gasteiger partial charge in [0.15, 0.2) is 0 Å². The number of benzene rings is 2. The van der Waals surface area contributed by atoms with Crippen LogP contribution >= 0.6 is 15.9 Å². The Balaban J connectivity index is 2.74. The van der Waals surface area contributed by atoms with E-state index < -0.39 is 27.7 Å². The van der Waals surface area contributed by atoms with Crippen LogP contribution < -0.4 is 0 Å². The highest BCUT2D eigenvalue weighted by Crippen LogP contribution is 2.25. The Morgan fingerprint density at radius 1 is 1.20 bits per heavy atom. The summed E-state index contributed by atoms with van der Waals surface area (Å²) in [7, 11) is 0. The van der Waals surface area contributed by atoms with E-state index in [4.69, 9.17) is 0 Å². The number of hydrogen-bond acceptors (Lipinski definition) is 3. The van der Waals surface area contributed by atoms with Crippen molar-refractivity contribution in [3.05, 3.63) is 69.2 Å². The summed E-state index contributed by atoms with van der Waals surface area (Å²) >= 11 is 1.45. The Bertz CT molecular complexity index is 872. The van der Waals surface area contributed by atoms with Crippen molar-refractivity contribution in [2.75, 3.05) is 0 Å². The summed E-state index contributed by atoms with van der Waals surface area (Å²) in [6, 6.07) is 10.1. The third-order valence-corrected chi connectivity index (χ3v) is 5.28. The topological polar surface area (TPSA) is 59.2 Å². The van der Waals surface area contributed by atoms with Crippen LogP contribution in [0.5, 0.6) is 0 Å². The number of nitriles is 1. The minimum Gasteiger partial charge on any atom is -0.591 e. The molecule has 2 aromatic rings. The molecular formula is C18H15BrF2N2OS. The second-order valence-electron chi connectivity index (χ2n) is 6.20. The lowest BCUT2D eigenvalue weighted by Crippen LogP contribution is -2.27. The maximum absolute atomic E-state index is 14.0. The van der Waals surface area contributed by atoms with E-state index in [-0.39, 0.29) is 21.3 Å². The zero-order valence-electron chi connectivity index (χ0n) is 13.8. The first-order valence-corrected chi connectivity index (χ1v) is 9.20. The molecule has 3 nitrogen and oxygen atoms in total. The van der Waals surface area contributed by atoms with Gasteiger partial charge in [-0.15, -0.1) is 0 Å². The molecule has 0 spiro atoms. The van der Waals surface area contributed by atoms with Crippen LogP contribution in [0, 0.1) is 23.0 Å². The Labute approximate surface area is 156 Å². The summed E-state index contributed by atoms with van der Waals surface area (Å²) in [5, 5.41) is 9.30. The molecule has 2 rings (SSSR count). The van der Waals surface area contributed by atoms with Gasteiger partial charge in [-0.25, -0.2) is 8.78 Å². The number of rotatable bonds is 3. The Morgan fingerprint density at radius 3 is 2.44 bits per heavy atom.